The van der Waals surface area contributed by atoms with Crippen LogP contribution in [0.1, 0.15) is 5.56 Å². The standard InChI is InChI=1S/C15H11BrClFN4O2S/c16-11-2-5-13(6-3-11)25(23,24)21-15-19-9-22(20-15)8-10-1-4-12(18)7-14(10)17/h1-7,9H,8H2,(H,20,21). The van der Waals surface area contributed by atoms with E-state index in [4.69, 9.17) is 11.6 Å². The summed E-state index contributed by atoms with van der Waals surface area (Å²) in [5.41, 5.74) is 0.635. The largest absolute Gasteiger partial charge is 0.264 e. The zero-order valence-electron chi connectivity index (χ0n) is 12.5. The summed E-state index contributed by atoms with van der Waals surface area (Å²) < 4.78 is 42.1. The fourth-order valence-electron chi connectivity index (χ4n) is 2.03. The summed E-state index contributed by atoms with van der Waals surface area (Å²) in [6.45, 7) is 0.228. The molecule has 0 aliphatic rings. The lowest BCUT2D eigenvalue weighted by atomic mass is 10.2. The van der Waals surface area contributed by atoms with Crippen molar-refractivity contribution < 1.29 is 12.8 Å². The Kier molecular flexibility index (Phi) is 5.07. The molecule has 0 radical (unpaired) electrons. The molecule has 2 aromatic carbocycles. The molecule has 0 aliphatic heterocycles. The molecule has 0 saturated heterocycles. The Morgan fingerprint density at radius 1 is 1.20 bits per heavy atom. The molecule has 0 amide bonds. The van der Waals surface area contributed by atoms with Gasteiger partial charge < -0.3 is 0 Å². The molecular weight excluding hydrogens is 435 g/mol. The summed E-state index contributed by atoms with van der Waals surface area (Å²) in [5, 5.41) is 4.31. The number of anilines is 1. The number of halogens is 3. The molecule has 0 bridgehead atoms. The Morgan fingerprint density at radius 2 is 1.92 bits per heavy atom. The predicted molar refractivity (Wildman–Crippen MR) is 95.5 cm³/mol. The van der Waals surface area contributed by atoms with Crippen LogP contribution < -0.4 is 4.72 Å². The van der Waals surface area contributed by atoms with Gasteiger partial charge in [0.1, 0.15) is 12.1 Å². The Hall–Kier alpha value is -1.97. The van der Waals surface area contributed by atoms with Crippen LogP contribution in [-0.2, 0) is 16.6 Å². The third-order valence-electron chi connectivity index (χ3n) is 3.23. The van der Waals surface area contributed by atoms with Gasteiger partial charge in [0, 0.05) is 9.50 Å². The van der Waals surface area contributed by atoms with Crippen molar-refractivity contribution >= 4 is 43.5 Å². The summed E-state index contributed by atoms with van der Waals surface area (Å²) in [7, 11) is -3.79. The Bertz CT molecular complexity index is 1010. The molecule has 0 unspecified atom stereocenters. The van der Waals surface area contributed by atoms with Crippen molar-refractivity contribution in [1.82, 2.24) is 14.8 Å². The van der Waals surface area contributed by atoms with Crippen LogP contribution in [0.5, 0.6) is 0 Å². The molecule has 1 N–H and O–H groups in total. The summed E-state index contributed by atoms with van der Waals surface area (Å²) in [5.74, 6) is -0.503. The van der Waals surface area contributed by atoms with Crippen LogP contribution in [0.2, 0.25) is 5.02 Å². The minimum atomic E-state index is -3.79. The highest BCUT2D eigenvalue weighted by molar-refractivity contribution is 9.10. The van der Waals surface area contributed by atoms with Gasteiger partial charge in [0.25, 0.3) is 16.0 Å². The van der Waals surface area contributed by atoms with E-state index in [1.807, 2.05) is 0 Å². The SMILES string of the molecule is O=S(=O)(Nc1ncn(Cc2ccc(F)cc2Cl)n1)c1ccc(Br)cc1. The number of hydrogen-bond acceptors (Lipinski definition) is 4. The highest BCUT2D eigenvalue weighted by Crippen LogP contribution is 2.19. The van der Waals surface area contributed by atoms with E-state index in [0.717, 1.165) is 4.47 Å². The maximum absolute atomic E-state index is 13.1. The molecule has 3 rings (SSSR count). The average Bonchev–Trinajstić information content (AvgIpc) is 2.97. The first-order chi connectivity index (χ1) is 11.8. The summed E-state index contributed by atoms with van der Waals surface area (Å²) in [4.78, 5) is 4.01. The molecule has 0 aliphatic carbocycles. The van der Waals surface area contributed by atoms with Crippen LogP contribution >= 0.6 is 27.5 Å². The van der Waals surface area contributed by atoms with E-state index in [1.165, 1.54) is 41.3 Å². The molecule has 3 aromatic rings. The van der Waals surface area contributed by atoms with Gasteiger partial charge in [0.15, 0.2) is 0 Å². The molecule has 130 valence electrons. The van der Waals surface area contributed by atoms with E-state index in [2.05, 4.69) is 30.7 Å². The lowest BCUT2D eigenvalue weighted by Gasteiger charge is -2.05. The van der Waals surface area contributed by atoms with Crippen molar-refractivity contribution in [3.05, 3.63) is 69.7 Å². The van der Waals surface area contributed by atoms with Crippen LogP contribution in [-0.4, -0.2) is 23.2 Å². The average molecular weight is 446 g/mol. The van der Waals surface area contributed by atoms with Crippen LogP contribution in [0.4, 0.5) is 10.3 Å². The molecule has 0 fully saturated rings. The first-order valence-corrected chi connectivity index (χ1v) is 9.61. The highest BCUT2D eigenvalue weighted by atomic mass is 79.9. The zero-order valence-corrected chi connectivity index (χ0v) is 15.7. The van der Waals surface area contributed by atoms with Crippen molar-refractivity contribution in [1.29, 1.82) is 0 Å². The second-order valence-corrected chi connectivity index (χ2v) is 8.07. The number of nitrogens with one attached hydrogen (secondary N) is 1. The van der Waals surface area contributed by atoms with E-state index in [9.17, 15) is 12.8 Å². The predicted octanol–water partition coefficient (Wildman–Crippen LogP) is 3.68. The van der Waals surface area contributed by atoms with Crippen molar-refractivity contribution in [3.8, 4) is 0 Å². The Labute approximate surface area is 156 Å². The zero-order chi connectivity index (χ0) is 18.0. The molecule has 6 nitrogen and oxygen atoms in total. The van der Waals surface area contributed by atoms with Crippen molar-refractivity contribution in [2.45, 2.75) is 11.4 Å². The second-order valence-electron chi connectivity index (χ2n) is 5.06. The van der Waals surface area contributed by atoms with Crippen molar-refractivity contribution in [2.24, 2.45) is 0 Å². The lowest BCUT2D eigenvalue weighted by molar-refractivity contribution is 0.600. The van der Waals surface area contributed by atoms with E-state index >= 15 is 0 Å². The number of nitrogens with zero attached hydrogens (tertiary/aromatic N) is 3. The van der Waals surface area contributed by atoms with Gasteiger partial charge in [0.05, 0.1) is 11.4 Å². The van der Waals surface area contributed by atoms with E-state index < -0.39 is 15.8 Å². The molecule has 1 aromatic heterocycles. The monoisotopic (exact) mass is 444 g/mol. The van der Waals surface area contributed by atoms with Gasteiger partial charge >= 0.3 is 0 Å². The molecule has 0 spiro atoms. The molecule has 0 saturated carbocycles. The van der Waals surface area contributed by atoms with Gasteiger partial charge in [-0.15, -0.1) is 5.10 Å². The number of sulfonamides is 1. The number of aromatic nitrogens is 3. The summed E-state index contributed by atoms with van der Waals surface area (Å²) in [6.07, 6.45) is 1.36. The van der Waals surface area contributed by atoms with Crippen molar-refractivity contribution in [3.63, 3.8) is 0 Å². The fourth-order valence-corrected chi connectivity index (χ4v) is 3.47. The number of benzene rings is 2. The lowest BCUT2D eigenvalue weighted by Crippen LogP contribution is -2.14. The summed E-state index contributed by atoms with van der Waals surface area (Å²) >= 11 is 9.22. The first-order valence-electron chi connectivity index (χ1n) is 6.95. The van der Waals surface area contributed by atoms with Gasteiger partial charge in [-0.05, 0) is 42.0 Å². The highest BCUT2D eigenvalue weighted by Gasteiger charge is 2.16. The molecule has 25 heavy (non-hydrogen) atoms. The fraction of sp³-hybridized carbons (Fsp3) is 0.0667. The third kappa shape index (κ3) is 4.36. The van der Waals surface area contributed by atoms with Crippen LogP contribution in [0.25, 0.3) is 0 Å². The smallest absolute Gasteiger partial charge is 0.246 e. The summed E-state index contributed by atoms with van der Waals surface area (Å²) in [6, 6.07) is 10.2. The number of hydrogen-bond donors (Lipinski definition) is 1. The van der Waals surface area contributed by atoms with Gasteiger partial charge in [-0.3, -0.25) is 0 Å². The van der Waals surface area contributed by atoms with Crippen LogP contribution in [0.15, 0.2) is 58.2 Å². The number of rotatable bonds is 5. The molecular formula is C15H11BrClFN4O2S. The van der Waals surface area contributed by atoms with Crippen LogP contribution in [0, 0.1) is 5.82 Å². The quantitative estimate of drug-likeness (QED) is 0.650. The minimum Gasteiger partial charge on any atom is -0.246 e. The van der Waals surface area contributed by atoms with Gasteiger partial charge in [-0.1, -0.05) is 33.6 Å². The Morgan fingerprint density at radius 3 is 2.60 bits per heavy atom. The molecule has 1 heterocycles. The normalized spacial score (nSPS) is 11.5. The minimum absolute atomic E-state index is 0.0684. The topological polar surface area (TPSA) is 76.9 Å². The maximum Gasteiger partial charge on any atom is 0.264 e. The third-order valence-corrected chi connectivity index (χ3v) is 5.46. The van der Waals surface area contributed by atoms with Crippen LogP contribution in [0.3, 0.4) is 0 Å². The molecule has 0 atom stereocenters. The van der Waals surface area contributed by atoms with E-state index in [0.29, 0.717) is 5.56 Å². The van der Waals surface area contributed by atoms with E-state index in [1.54, 1.807) is 12.1 Å². The first kappa shape index (κ1) is 17.8. The maximum atomic E-state index is 13.1. The van der Waals surface area contributed by atoms with Gasteiger partial charge in [-0.25, -0.2) is 22.2 Å². The van der Waals surface area contributed by atoms with Crippen molar-refractivity contribution in [2.75, 3.05) is 4.72 Å². The molecule has 10 heteroatoms. The Balaban J connectivity index is 1.76. The second kappa shape index (κ2) is 7.11. The van der Waals surface area contributed by atoms with Gasteiger partial charge in [-0.2, -0.15) is 4.98 Å². The van der Waals surface area contributed by atoms with Gasteiger partial charge in [0.2, 0.25) is 0 Å². The van der Waals surface area contributed by atoms with E-state index in [-0.39, 0.29) is 22.4 Å².